The first-order chi connectivity index (χ1) is 16.7. The second-order valence-electron chi connectivity index (χ2n) is 8.44. The number of hydrogen-bond acceptors (Lipinski definition) is 6. The summed E-state index contributed by atoms with van der Waals surface area (Å²) in [5.74, 6) is 2.28. The number of para-hydroxylation sites is 1. The average molecular weight is 496 g/mol. The third kappa shape index (κ3) is 6.87. The maximum Gasteiger partial charge on any atom is 0.230 e. The van der Waals surface area contributed by atoms with Crippen LogP contribution in [-0.2, 0) is 4.79 Å². The molecule has 8 heteroatoms. The monoisotopic (exact) mass is 495 g/mol. The summed E-state index contributed by atoms with van der Waals surface area (Å²) in [6.45, 7) is 5.08. The summed E-state index contributed by atoms with van der Waals surface area (Å²) < 4.78 is 2.12. The number of amides is 1. The summed E-state index contributed by atoms with van der Waals surface area (Å²) >= 11 is 3.27. The molecule has 0 bridgehead atoms. The van der Waals surface area contributed by atoms with E-state index in [4.69, 9.17) is 0 Å². The number of piperidine rings is 1. The van der Waals surface area contributed by atoms with Gasteiger partial charge in [-0.05, 0) is 69.3 Å². The number of hydrogen-bond donors (Lipinski definition) is 1. The lowest BCUT2D eigenvalue weighted by Gasteiger charge is -2.31. The Labute approximate surface area is 210 Å². The molecule has 1 atom stereocenters. The molecular formula is C26H33N5OS2. The fourth-order valence-electron chi connectivity index (χ4n) is 4.12. The van der Waals surface area contributed by atoms with Gasteiger partial charge in [0, 0.05) is 17.1 Å². The first-order valence-electron chi connectivity index (χ1n) is 12.0. The van der Waals surface area contributed by atoms with Crippen molar-refractivity contribution in [2.45, 2.75) is 48.7 Å². The molecule has 1 aliphatic heterocycles. The highest BCUT2D eigenvalue weighted by atomic mass is 32.2. The Morgan fingerprint density at radius 2 is 1.68 bits per heavy atom. The van der Waals surface area contributed by atoms with Crippen LogP contribution in [0, 0.1) is 0 Å². The van der Waals surface area contributed by atoms with Crippen molar-refractivity contribution in [2.75, 3.05) is 31.1 Å². The van der Waals surface area contributed by atoms with Gasteiger partial charge in [-0.2, -0.15) is 0 Å². The lowest BCUT2D eigenvalue weighted by Crippen LogP contribution is -2.33. The molecule has 2 heterocycles. The summed E-state index contributed by atoms with van der Waals surface area (Å²) in [6, 6.07) is 20.7. The number of benzene rings is 2. The van der Waals surface area contributed by atoms with Crippen molar-refractivity contribution in [1.82, 2.24) is 25.0 Å². The van der Waals surface area contributed by atoms with E-state index in [0.717, 1.165) is 41.9 Å². The number of thioether (sulfide) groups is 2. The van der Waals surface area contributed by atoms with Crippen LogP contribution in [0.4, 0.5) is 0 Å². The number of rotatable bonds is 11. The smallest absolute Gasteiger partial charge is 0.230 e. The molecule has 0 aliphatic carbocycles. The fraction of sp³-hybridized carbons (Fsp3) is 0.423. The minimum Gasteiger partial charge on any atom is -0.355 e. The number of likely N-dealkylation sites (tertiary alicyclic amines) is 1. The van der Waals surface area contributed by atoms with Gasteiger partial charge in [-0.25, -0.2) is 0 Å². The first-order valence-corrected chi connectivity index (χ1v) is 14.0. The summed E-state index contributed by atoms with van der Waals surface area (Å²) in [6.07, 6.45) is 4.70. The molecule has 0 radical (unpaired) electrons. The molecule has 4 rings (SSSR count). The zero-order chi connectivity index (χ0) is 23.6. The molecule has 0 unspecified atom stereocenters. The van der Waals surface area contributed by atoms with E-state index in [1.165, 1.54) is 35.9 Å². The molecule has 1 aromatic heterocycles. The quantitative estimate of drug-likeness (QED) is 0.291. The molecule has 1 amide bonds. The number of aromatic nitrogens is 3. The SMILES string of the molecule is C[C@@H](c1nnc(SCC(=O)NCCCSc2ccccc2)n1-c1ccccc1)N1CCCCC1. The number of nitrogens with zero attached hydrogens (tertiary/aromatic N) is 4. The molecule has 2 aromatic carbocycles. The zero-order valence-corrected chi connectivity index (χ0v) is 21.4. The molecule has 1 saturated heterocycles. The topological polar surface area (TPSA) is 63.1 Å². The van der Waals surface area contributed by atoms with Gasteiger partial charge in [0.05, 0.1) is 11.8 Å². The van der Waals surface area contributed by atoms with Crippen molar-refractivity contribution in [3.63, 3.8) is 0 Å². The maximum absolute atomic E-state index is 12.5. The van der Waals surface area contributed by atoms with Gasteiger partial charge in [-0.3, -0.25) is 14.3 Å². The number of carbonyl (C=O) groups is 1. The van der Waals surface area contributed by atoms with Gasteiger partial charge in [0.25, 0.3) is 0 Å². The second-order valence-corrected chi connectivity index (χ2v) is 10.5. The molecule has 1 N–H and O–H groups in total. The van der Waals surface area contributed by atoms with Crippen LogP contribution in [0.2, 0.25) is 0 Å². The zero-order valence-electron chi connectivity index (χ0n) is 19.7. The van der Waals surface area contributed by atoms with E-state index < -0.39 is 0 Å². The normalized spacial score (nSPS) is 15.2. The van der Waals surface area contributed by atoms with Crippen molar-refractivity contribution in [3.05, 3.63) is 66.5 Å². The van der Waals surface area contributed by atoms with Crippen LogP contribution >= 0.6 is 23.5 Å². The fourth-order valence-corrected chi connectivity index (χ4v) is 5.78. The van der Waals surface area contributed by atoms with Gasteiger partial charge in [0.1, 0.15) is 0 Å². The molecule has 1 aliphatic rings. The van der Waals surface area contributed by atoms with Crippen LogP contribution in [-0.4, -0.2) is 56.7 Å². The minimum atomic E-state index is 0.0305. The van der Waals surface area contributed by atoms with E-state index in [9.17, 15) is 4.79 Å². The summed E-state index contributed by atoms with van der Waals surface area (Å²) in [4.78, 5) is 16.2. The molecule has 34 heavy (non-hydrogen) atoms. The Balaban J connectivity index is 1.33. The highest BCUT2D eigenvalue weighted by molar-refractivity contribution is 7.99. The van der Waals surface area contributed by atoms with Gasteiger partial charge < -0.3 is 5.32 Å². The van der Waals surface area contributed by atoms with Crippen molar-refractivity contribution >= 4 is 29.4 Å². The van der Waals surface area contributed by atoms with E-state index in [1.54, 1.807) is 0 Å². The Bertz CT molecular complexity index is 1020. The lowest BCUT2D eigenvalue weighted by atomic mass is 10.1. The van der Waals surface area contributed by atoms with Crippen LogP contribution in [0.1, 0.15) is 44.5 Å². The second kappa shape index (κ2) is 13.0. The van der Waals surface area contributed by atoms with Crippen LogP contribution in [0.3, 0.4) is 0 Å². The van der Waals surface area contributed by atoms with Crippen LogP contribution in [0.5, 0.6) is 0 Å². The summed E-state index contributed by atoms with van der Waals surface area (Å²) in [7, 11) is 0. The van der Waals surface area contributed by atoms with E-state index in [0.29, 0.717) is 12.3 Å². The number of carbonyl (C=O) groups excluding carboxylic acids is 1. The summed E-state index contributed by atoms with van der Waals surface area (Å²) in [5.41, 5.74) is 1.03. The Morgan fingerprint density at radius 3 is 2.41 bits per heavy atom. The van der Waals surface area contributed by atoms with Crippen LogP contribution < -0.4 is 5.32 Å². The Morgan fingerprint density at radius 1 is 0.971 bits per heavy atom. The molecule has 1 fully saturated rings. The van der Waals surface area contributed by atoms with Gasteiger partial charge >= 0.3 is 0 Å². The van der Waals surface area contributed by atoms with Gasteiger partial charge in [0.15, 0.2) is 11.0 Å². The van der Waals surface area contributed by atoms with E-state index in [1.807, 2.05) is 48.2 Å². The highest BCUT2D eigenvalue weighted by Gasteiger charge is 2.25. The van der Waals surface area contributed by atoms with Crippen molar-refractivity contribution in [1.29, 1.82) is 0 Å². The molecule has 0 spiro atoms. The van der Waals surface area contributed by atoms with Crippen molar-refractivity contribution < 1.29 is 4.79 Å². The van der Waals surface area contributed by atoms with E-state index >= 15 is 0 Å². The standard InChI is InChI=1S/C26H33N5OS2/c1-21(30-17-9-4-10-18-30)25-28-29-26(31(25)22-12-5-2-6-13-22)34-20-24(32)27-16-11-19-33-23-14-7-3-8-15-23/h2-3,5-8,12-15,21H,4,9-11,16-20H2,1H3,(H,27,32)/t21-/m0/s1. The van der Waals surface area contributed by atoms with Gasteiger partial charge in [-0.15, -0.1) is 22.0 Å². The molecule has 0 saturated carbocycles. The molecular weight excluding hydrogens is 462 g/mol. The van der Waals surface area contributed by atoms with Crippen molar-refractivity contribution in [2.24, 2.45) is 0 Å². The predicted octanol–water partition coefficient (Wildman–Crippen LogP) is 5.20. The maximum atomic E-state index is 12.5. The van der Waals surface area contributed by atoms with Crippen LogP contribution in [0.25, 0.3) is 5.69 Å². The molecule has 6 nitrogen and oxygen atoms in total. The Hall–Kier alpha value is -2.29. The van der Waals surface area contributed by atoms with Gasteiger partial charge in [0.2, 0.25) is 5.91 Å². The third-order valence-electron chi connectivity index (χ3n) is 5.97. The van der Waals surface area contributed by atoms with E-state index in [-0.39, 0.29) is 11.9 Å². The third-order valence-corrected chi connectivity index (χ3v) is 8.00. The van der Waals surface area contributed by atoms with Crippen LogP contribution in [0.15, 0.2) is 70.7 Å². The average Bonchev–Trinajstić information content (AvgIpc) is 3.32. The van der Waals surface area contributed by atoms with Crippen molar-refractivity contribution in [3.8, 4) is 5.69 Å². The van der Waals surface area contributed by atoms with E-state index in [2.05, 4.69) is 56.2 Å². The predicted molar refractivity (Wildman–Crippen MR) is 141 cm³/mol. The Kier molecular flexibility index (Phi) is 9.47. The minimum absolute atomic E-state index is 0.0305. The first kappa shape index (κ1) is 24.8. The molecule has 3 aromatic rings. The molecule has 180 valence electrons. The van der Waals surface area contributed by atoms with Gasteiger partial charge in [-0.1, -0.05) is 54.6 Å². The summed E-state index contributed by atoms with van der Waals surface area (Å²) in [5, 5.41) is 12.9. The largest absolute Gasteiger partial charge is 0.355 e. The number of nitrogens with one attached hydrogen (secondary N) is 1. The lowest BCUT2D eigenvalue weighted by molar-refractivity contribution is -0.118. The highest BCUT2D eigenvalue weighted by Crippen LogP contribution is 2.29.